The van der Waals surface area contributed by atoms with Crippen LogP contribution >= 0.6 is 0 Å². The molecule has 0 aromatic carbocycles. The first-order valence-electron chi connectivity index (χ1n) is 4.28. The van der Waals surface area contributed by atoms with E-state index in [0.717, 1.165) is 26.2 Å². The zero-order chi connectivity index (χ0) is 7.52. The van der Waals surface area contributed by atoms with Gasteiger partial charge in [0.25, 0.3) is 0 Å². The Labute approximate surface area is 66.6 Å². The summed E-state index contributed by atoms with van der Waals surface area (Å²) in [6.45, 7) is 3.07. The minimum Gasteiger partial charge on any atom is -0.376 e. The van der Waals surface area contributed by atoms with Crippen molar-refractivity contribution in [2.75, 3.05) is 26.4 Å². The number of ether oxygens (including phenoxy) is 3. The predicted molar refractivity (Wildman–Crippen MR) is 39.5 cm³/mol. The molecule has 2 heterocycles. The van der Waals surface area contributed by atoms with Crippen LogP contribution in [-0.2, 0) is 14.2 Å². The topological polar surface area (TPSA) is 27.7 Å². The molecule has 0 bridgehead atoms. The second-order valence-corrected chi connectivity index (χ2v) is 3.04. The van der Waals surface area contributed by atoms with Gasteiger partial charge < -0.3 is 14.2 Å². The second-order valence-electron chi connectivity index (χ2n) is 3.04. The molecule has 2 aliphatic heterocycles. The third-order valence-corrected chi connectivity index (χ3v) is 2.22. The molecule has 11 heavy (non-hydrogen) atoms. The van der Waals surface area contributed by atoms with Crippen molar-refractivity contribution >= 4 is 0 Å². The van der Waals surface area contributed by atoms with Crippen molar-refractivity contribution in [1.82, 2.24) is 0 Å². The largest absolute Gasteiger partial charge is 0.376 e. The van der Waals surface area contributed by atoms with Gasteiger partial charge in [0.1, 0.15) is 6.10 Å². The zero-order valence-electron chi connectivity index (χ0n) is 6.62. The van der Waals surface area contributed by atoms with E-state index >= 15 is 0 Å². The minimum absolute atomic E-state index is 0.200. The lowest BCUT2D eigenvalue weighted by Gasteiger charge is -2.27. The van der Waals surface area contributed by atoms with E-state index in [1.165, 1.54) is 6.42 Å². The first-order chi connectivity index (χ1) is 5.47. The Balaban J connectivity index is 1.82. The summed E-state index contributed by atoms with van der Waals surface area (Å²) in [6.07, 6.45) is 2.81. The summed E-state index contributed by atoms with van der Waals surface area (Å²) in [5.74, 6) is 0. The maximum atomic E-state index is 5.51. The smallest absolute Gasteiger partial charge is 0.107 e. The molecule has 3 nitrogen and oxygen atoms in total. The molecule has 0 aromatic heterocycles. The lowest BCUT2D eigenvalue weighted by atomic mass is 10.1. The van der Waals surface area contributed by atoms with E-state index in [1.807, 2.05) is 0 Å². The van der Waals surface area contributed by atoms with Gasteiger partial charge in [-0.25, -0.2) is 0 Å². The minimum atomic E-state index is 0.200. The van der Waals surface area contributed by atoms with Crippen molar-refractivity contribution in [3.05, 3.63) is 0 Å². The summed E-state index contributed by atoms with van der Waals surface area (Å²) in [4.78, 5) is 0. The Bertz CT molecular complexity index is 115. The summed E-state index contributed by atoms with van der Waals surface area (Å²) in [5, 5.41) is 0. The first kappa shape index (κ1) is 7.53. The molecule has 2 fully saturated rings. The monoisotopic (exact) mass is 158 g/mol. The van der Waals surface area contributed by atoms with E-state index in [1.54, 1.807) is 0 Å². The van der Waals surface area contributed by atoms with E-state index in [2.05, 4.69) is 0 Å². The van der Waals surface area contributed by atoms with Gasteiger partial charge in [-0.2, -0.15) is 0 Å². The lowest BCUT2D eigenvalue weighted by Crippen LogP contribution is -2.38. The Hall–Kier alpha value is -0.120. The van der Waals surface area contributed by atoms with Crippen LogP contribution in [-0.4, -0.2) is 38.6 Å². The molecule has 0 aliphatic carbocycles. The van der Waals surface area contributed by atoms with Crippen LogP contribution in [0.5, 0.6) is 0 Å². The molecule has 2 aliphatic rings. The highest BCUT2D eigenvalue weighted by molar-refractivity contribution is 4.76. The van der Waals surface area contributed by atoms with Gasteiger partial charge in [-0.15, -0.1) is 0 Å². The third kappa shape index (κ3) is 1.72. The van der Waals surface area contributed by atoms with Gasteiger partial charge in [0.2, 0.25) is 0 Å². The van der Waals surface area contributed by atoms with Gasteiger partial charge in [0.05, 0.1) is 25.9 Å². The van der Waals surface area contributed by atoms with E-state index in [-0.39, 0.29) is 6.10 Å². The van der Waals surface area contributed by atoms with Gasteiger partial charge in [-0.3, -0.25) is 0 Å². The molecule has 64 valence electrons. The third-order valence-electron chi connectivity index (χ3n) is 2.22. The van der Waals surface area contributed by atoms with Crippen molar-refractivity contribution in [1.29, 1.82) is 0 Å². The second kappa shape index (κ2) is 3.52. The maximum absolute atomic E-state index is 5.51. The predicted octanol–water partition coefficient (Wildman–Crippen LogP) is 0.581. The molecule has 0 radical (unpaired) electrons. The van der Waals surface area contributed by atoms with Gasteiger partial charge in [0, 0.05) is 6.61 Å². The van der Waals surface area contributed by atoms with E-state index in [4.69, 9.17) is 14.2 Å². The summed E-state index contributed by atoms with van der Waals surface area (Å²) >= 11 is 0. The maximum Gasteiger partial charge on any atom is 0.107 e. The average molecular weight is 158 g/mol. The number of hydrogen-bond acceptors (Lipinski definition) is 3. The molecule has 0 saturated carbocycles. The Morgan fingerprint density at radius 2 is 1.82 bits per heavy atom. The molecular formula is C8H14O3. The quantitative estimate of drug-likeness (QED) is 0.558. The molecular weight excluding hydrogens is 144 g/mol. The van der Waals surface area contributed by atoms with Crippen LogP contribution in [0.2, 0.25) is 0 Å². The summed E-state index contributed by atoms with van der Waals surface area (Å²) < 4.78 is 16.3. The highest BCUT2D eigenvalue weighted by Gasteiger charge is 2.28. The summed E-state index contributed by atoms with van der Waals surface area (Å²) in [6, 6.07) is 0. The van der Waals surface area contributed by atoms with Crippen LogP contribution in [0.3, 0.4) is 0 Å². The van der Waals surface area contributed by atoms with Crippen LogP contribution in [0, 0.1) is 0 Å². The van der Waals surface area contributed by atoms with Crippen molar-refractivity contribution in [3.63, 3.8) is 0 Å². The molecule has 0 spiro atoms. The molecule has 2 rings (SSSR count). The molecule has 2 saturated heterocycles. The SMILES string of the molecule is C1COC(C2COCCO2)C1. The highest BCUT2D eigenvalue weighted by Crippen LogP contribution is 2.19. The normalized spacial score (nSPS) is 39.3. The van der Waals surface area contributed by atoms with Gasteiger partial charge in [0.15, 0.2) is 0 Å². The standard InChI is InChI=1S/C8H14O3/c1-2-7(10-3-1)8-6-9-4-5-11-8/h7-8H,1-6H2. The molecule has 0 aromatic rings. The average Bonchev–Trinajstić information content (AvgIpc) is 2.58. The van der Waals surface area contributed by atoms with E-state index in [0.29, 0.717) is 12.7 Å². The Morgan fingerprint density at radius 1 is 0.909 bits per heavy atom. The fourth-order valence-electron chi connectivity index (χ4n) is 1.62. The van der Waals surface area contributed by atoms with E-state index in [9.17, 15) is 0 Å². The van der Waals surface area contributed by atoms with Crippen molar-refractivity contribution in [3.8, 4) is 0 Å². The van der Waals surface area contributed by atoms with Crippen molar-refractivity contribution < 1.29 is 14.2 Å². The van der Waals surface area contributed by atoms with E-state index < -0.39 is 0 Å². The van der Waals surface area contributed by atoms with Gasteiger partial charge in [-0.05, 0) is 12.8 Å². The summed E-state index contributed by atoms with van der Waals surface area (Å²) in [7, 11) is 0. The zero-order valence-corrected chi connectivity index (χ0v) is 6.62. The first-order valence-corrected chi connectivity index (χ1v) is 4.28. The van der Waals surface area contributed by atoms with Crippen LogP contribution in [0.1, 0.15) is 12.8 Å². The lowest BCUT2D eigenvalue weighted by molar-refractivity contribution is -0.135. The Kier molecular flexibility index (Phi) is 2.41. The van der Waals surface area contributed by atoms with Gasteiger partial charge >= 0.3 is 0 Å². The van der Waals surface area contributed by atoms with Crippen molar-refractivity contribution in [2.45, 2.75) is 25.0 Å². The molecule has 2 unspecified atom stereocenters. The highest BCUT2D eigenvalue weighted by atomic mass is 16.6. The van der Waals surface area contributed by atoms with Crippen LogP contribution in [0.25, 0.3) is 0 Å². The summed E-state index contributed by atoms with van der Waals surface area (Å²) in [5.41, 5.74) is 0. The van der Waals surface area contributed by atoms with Crippen LogP contribution in [0.15, 0.2) is 0 Å². The molecule has 2 atom stereocenters. The molecule has 3 heteroatoms. The van der Waals surface area contributed by atoms with Crippen LogP contribution in [0.4, 0.5) is 0 Å². The fraction of sp³-hybridized carbons (Fsp3) is 1.00. The van der Waals surface area contributed by atoms with Gasteiger partial charge in [-0.1, -0.05) is 0 Å². The van der Waals surface area contributed by atoms with Crippen LogP contribution < -0.4 is 0 Å². The number of rotatable bonds is 1. The number of hydrogen-bond donors (Lipinski definition) is 0. The fourth-order valence-corrected chi connectivity index (χ4v) is 1.62. The molecule has 0 N–H and O–H groups in total. The Morgan fingerprint density at radius 3 is 2.45 bits per heavy atom. The molecule has 0 amide bonds. The van der Waals surface area contributed by atoms with Crippen molar-refractivity contribution in [2.24, 2.45) is 0 Å².